The molecule has 1 N–H and O–H groups in total. The van der Waals surface area contributed by atoms with Gasteiger partial charge in [0, 0.05) is 18.5 Å². The minimum Gasteiger partial charge on any atom is -0.494 e. The summed E-state index contributed by atoms with van der Waals surface area (Å²) >= 11 is 0. The van der Waals surface area contributed by atoms with Crippen molar-refractivity contribution in [3.8, 4) is 5.75 Å². The van der Waals surface area contributed by atoms with Crippen molar-refractivity contribution in [2.24, 2.45) is 0 Å². The Kier molecular flexibility index (Phi) is 6.01. The molecule has 0 atom stereocenters. The number of hydrogen-bond donors (Lipinski definition) is 1. The van der Waals surface area contributed by atoms with Gasteiger partial charge in [-0.2, -0.15) is 0 Å². The number of benzene rings is 2. The van der Waals surface area contributed by atoms with Gasteiger partial charge in [0.1, 0.15) is 5.75 Å². The van der Waals surface area contributed by atoms with Crippen LogP contribution in [-0.2, 0) is 17.8 Å². The van der Waals surface area contributed by atoms with E-state index in [1.165, 1.54) is 11.1 Å². The van der Waals surface area contributed by atoms with Crippen molar-refractivity contribution in [1.29, 1.82) is 0 Å². The summed E-state index contributed by atoms with van der Waals surface area (Å²) in [5, 5.41) is 2.96. The lowest BCUT2D eigenvalue weighted by atomic mass is 10.1. The molecule has 0 radical (unpaired) electrons. The maximum atomic E-state index is 12.0. The van der Waals surface area contributed by atoms with Gasteiger partial charge in [0.15, 0.2) is 0 Å². The summed E-state index contributed by atoms with van der Waals surface area (Å²) in [6.07, 6.45) is 1.26. The Morgan fingerprint density at radius 1 is 1.09 bits per heavy atom. The van der Waals surface area contributed by atoms with Crippen LogP contribution in [0.2, 0.25) is 0 Å². The van der Waals surface area contributed by atoms with Crippen LogP contribution in [0.5, 0.6) is 5.75 Å². The summed E-state index contributed by atoms with van der Waals surface area (Å²) in [5.74, 6) is 0.899. The molecule has 0 aliphatic heterocycles. The second-order valence-electron chi connectivity index (χ2n) is 5.30. The number of carbonyl (C=O) groups is 1. The van der Waals surface area contributed by atoms with E-state index in [1.54, 1.807) is 0 Å². The van der Waals surface area contributed by atoms with Crippen LogP contribution in [0.25, 0.3) is 0 Å². The maximum absolute atomic E-state index is 12.0. The number of carbonyl (C=O) groups excluding carboxylic acids is 1. The number of ether oxygens (including phenoxy) is 1. The minimum atomic E-state index is 0.0619. The van der Waals surface area contributed by atoms with Crippen molar-refractivity contribution in [2.75, 3.05) is 6.61 Å². The minimum absolute atomic E-state index is 0.0619. The van der Waals surface area contributed by atoms with Gasteiger partial charge < -0.3 is 10.1 Å². The first kappa shape index (κ1) is 16.1. The van der Waals surface area contributed by atoms with Crippen molar-refractivity contribution in [3.63, 3.8) is 0 Å². The first-order valence-corrected chi connectivity index (χ1v) is 7.72. The van der Waals surface area contributed by atoms with Crippen molar-refractivity contribution in [2.45, 2.75) is 33.2 Å². The van der Waals surface area contributed by atoms with Crippen LogP contribution < -0.4 is 10.1 Å². The summed E-state index contributed by atoms with van der Waals surface area (Å²) in [5.41, 5.74) is 3.43. The molecule has 0 aliphatic rings. The van der Waals surface area contributed by atoms with Crippen molar-refractivity contribution >= 4 is 5.91 Å². The van der Waals surface area contributed by atoms with Crippen molar-refractivity contribution < 1.29 is 9.53 Å². The molecular formula is C19H23NO2. The molecule has 0 spiro atoms. The molecule has 0 aliphatic carbocycles. The molecule has 116 valence electrons. The first-order chi connectivity index (χ1) is 10.7. The molecule has 0 unspecified atom stereocenters. The fraction of sp³-hybridized carbons (Fsp3) is 0.316. The lowest BCUT2D eigenvalue weighted by molar-refractivity contribution is -0.121. The van der Waals surface area contributed by atoms with Gasteiger partial charge in [-0.05, 0) is 31.9 Å². The van der Waals surface area contributed by atoms with Gasteiger partial charge in [-0.15, -0.1) is 0 Å². The van der Waals surface area contributed by atoms with Gasteiger partial charge in [0.05, 0.1) is 6.61 Å². The lowest BCUT2D eigenvalue weighted by Gasteiger charge is -2.11. The van der Waals surface area contributed by atoms with Gasteiger partial charge >= 0.3 is 0 Å². The largest absolute Gasteiger partial charge is 0.494 e. The van der Waals surface area contributed by atoms with E-state index in [-0.39, 0.29) is 5.91 Å². The molecule has 3 nitrogen and oxygen atoms in total. The Morgan fingerprint density at radius 2 is 1.82 bits per heavy atom. The molecule has 2 aromatic carbocycles. The molecule has 0 aromatic heterocycles. The Labute approximate surface area is 132 Å². The highest BCUT2D eigenvalue weighted by molar-refractivity contribution is 5.76. The molecule has 0 saturated heterocycles. The Morgan fingerprint density at radius 3 is 2.55 bits per heavy atom. The predicted molar refractivity (Wildman–Crippen MR) is 89.0 cm³/mol. The normalized spacial score (nSPS) is 10.3. The molecule has 1 amide bonds. The molecule has 3 heteroatoms. The summed E-state index contributed by atoms with van der Waals surface area (Å²) < 4.78 is 5.56. The highest BCUT2D eigenvalue weighted by atomic mass is 16.5. The number of aryl methyl sites for hydroxylation is 2. The van der Waals surface area contributed by atoms with Crippen LogP contribution in [0.4, 0.5) is 0 Å². The third-order valence-electron chi connectivity index (χ3n) is 3.51. The third-order valence-corrected chi connectivity index (χ3v) is 3.51. The molecule has 0 saturated carbocycles. The van der Waals surface area contributed by atoms with Gasteiger partial charge in [0.25, 0.3) is 0 Å². The standard InChI is InChI=1S/C19H23NO2/c1-3-22-18-7-5-4-6-17(18)14-20-19(21)13-12-16-10-8-15(2)9-11-16/h4-11H,3,12-14H2,1-2H3,(H,20,21). The summed E-state index contributed by atoms with van der Waals surface area (Å²) in [7, 11) is 0. The van der Waals surface area contributed by atoms with Crippen molar-refractivity contribution in [3.05, 3.63) is 65.2 Å². The monoisotopic (exact) mass is 297 g/mol. The fourth-order valence-electron chi connectivity index (χ4n) is 2.24. The number of nitrogens with one attached hydrogen (secondary N) is 1. The van der Waals surface area contributed by atoms with E-state index in [0.717, 1.165) is 17.7 Å². The average molecular weight is 297 g/mol. The van der Waals surface area contributed by atoms with Crippen LogP contribution in [0.3, 0.4) is 0 Å². The van der Waals surface area contributed by atoms with Gasteiger partial charge in [-0.3, -0.25) is 4.79 Å². The number of rotatable bonds is 7. The molecule has 22 heavy (non-hydrogen) atoms. The van der Waals surface area contributed by atoms with Crippen molar-refractivity contribution in [1.82, 2.24) is 5.32 Å². The third kappa shape index (κ3) is 4.92. The molecule has 2 rings (SSSR count). The summed E-state index contributed by atoms with van der Waals surface area (Å²) in [4.78, 5) is 12.0. The molecule has 2 aromatic rings. The topological polar surface area (TPSA) is 38.3 Å². The summed E-state index contributed by atoms with van der Waals surface area (Å²) in [6.45, 7) is 5.14. The highest BCUT2D eigenvalue weighted by Crippen LogP contribution is 2.17. The Bertz CT molecular complexity index is 605. The first-order valence-electron chi connectivity index (χ1n) is 7.72. The maximum Gasteiger partial charge on any atom is 0.220 e. The quantitative estimate of drug-likeness (QED) is 0.847. The van der Waals surface area contributed by atoms with Gasteiger partial charge in [0.2, 0.25) is 5.91 Å². The molecule has 0 fully saturated rings. The van der Waals surface area contributed by atoms with E-state index in [4.69, 9.17) is 4.74 Å². The second kappa shape index (κ2) is 8.23. The van der Waals surface area contributed by atoms with Crippen LogP contribution in [0, 0.1) is 6.92 Å². The summed E-state index contributed by atoms with van der Waals surface area (Å²) in [6, 6.07) is 16.1. The zero-order valence-electron chi connectivity index (χ0n) is 13.3. The van der Waals surface area contributed by atoms with Gasteiger partial charge in [-0.25, -0.2) is 0 Å². The van der Waals surface area contributed by atoms with E-state index in [1.807, 2.05) is 31.2 Å². The SMILES string of the molecule is CCOc1ccccc1CNC(=O)CCc1ccc(C)cc1. The van der Waals surface area contributed by atoms with Crippen LogP contribution in [0.15, 0.2) is 48.5 Å². The van der Waals surface area contributed by atoms with E-state index >= 15 is 0 Å². The molecule has 0 heterocycles. The smallest absolute Gasteiger partial charge is 0.220 e. The van der Waals surface area contributed by atoms with E-state index in [0.29, 0.717) is 19.6 Å². The predicted octanol–water partition coefficient (Wildman–Crippen LogP) is 3.64. The van der Waals surface area contributed by atoms with Crippen LogP contribution >= 0.6 is 0 Å². The fourth-order valence-corrected chi connectivity index (χ4v) is 2.24. The Balaban J connectivity index is 1.81. The van der Waals surface area contributed by atoms with E-state index < -0.39 is 0 Å². The number of hydrogen-bond acceptors (Lipinski definition) is 2. The average Bonchev–Trinajstić information content (AvgIpc) is 2.54. The van der Waals surface area contributed by atoms with Gasteiger partial charge in [-0.1, -0.05) is 48.0 Å². The van der Waals surface area contributed by atoms with E-state index in [2.05, 4.69) is 36.5 Å². The molecular weight excluding hydrogens is 274 g/mol. The Hall–Kier alpha value is -2.29. The van der Waals surface area contributed by atoms with Crippen LogP contribution in [0.1, 0.15) is 30.0 Å². The number of para-hydroxylation sites is 1. The molecule has 0 bridgehead atoms. The van der Waals surface area contributed by atoms with E-state index in [9.17, 15) is 4.79 Å². The lowest BCUT2D eigenvalue weighted by Crippen LogP contribution is -2.23. The zero-order chi connectivity index (χ0) is 15.8. The highest BCUT2D eigenvalue weighted by Gasteiger charge is 2.06. The van der Waals surface area contributed by atoms with Crippen LogP contribution in [-0.4, -0.2) is 12.5 Å². The second-order valence-corrected chi connectivity index (χ2v) is 5.30. The number of amides is 1. The zero-order valence-corrected chi connectivity index (χ0v) is 13.3.